The molecule has 1 aromatic carbocycles. The minimum absolute atomic E-state index is 0.0525. The van der Waals surface area contributed by atoms with Gasteiger partial charge in [0, 0.05) is 23.2 Å². The Balaban J connectivity index is 1.77. The molecule has 1 heterocycles. The number of halogens is 1. The maximum absolute atomic E-state index is 11.8. The van der Waals surface area contributed by atoms with Crippen LogP contribution in [0.2, 0.25) is 5.02 Å². The van der Waals surface area contributed by atoms with Crippen LogP contribution in [0.4, 0.5) is 0 Å². The van der Waals surface area contributed by atoms with Crippen LogP contribution in [0, 0.1) is 6.92 Å². The molecule has 0 atom stereocenters. The van der Waals surface area contributed by atoms with Crippen molar-refractivity contribution in [3.63, 3.8) is 0 Å². The van der Waals surface area contributed by atoms with Crippen molar-refractivity contribution in [2.45, 2.75) is 19.2 Å². The Labute approximate surface area is 138 Å². The summed E-state index contributed by atoms with van der Waals surface area (Å²) in [6, 6.07) is 7.18. The van der Waals surface area contributed by atoms with Gasteiger partial charge in [0.15, 0.2) is 0 Å². The van der Waals surface area contributed by atoms with Gasteiger partial charge >= 0.3 is 0 Å². The largest absolute Gasteiger partial charge is 0.496 e. The van der Waals surface area contributed by atoms with Crippen molar-refractivity contribution in [2.24, 2.45) is 0 Å². The Morgan fingerprint density at radius 3 is 2.95 bits per heavy atom. The lowest BCUT2D eigenvalue weighted by atomic mass is 10.2. The van der Waals surface area contributed by atoms with Gasteiger partial charge in [-0.15, -0.1) is 11.8 Å². The Bertz CT molecular complexity index is 645. The number of amides is 1. The number of hydrogen-bond acceptors (Lipinski definition) is 5. The standard InChI is InChI=1S/C15H17ClN2O3S/c1-10-5-13(21-18-10)8-22-9-15(19)17-7-11-6-12(16)3-4-14(11)20-2/h3-6H,7-9H2,1-2H3,(H,17,19). The second-order valence-corrected chi connectivity index (χ2v) is 6.08. The molecule has 2 aromatic rings. The molecular weight excluding hydrogens is 324 g/mol. The Morgan fingerprint density at radius 2 is 2.27 bits per heavy atom. The number of aryl methyl sites for hydroxylation is 1. The average Bonchev–Trinajstić information content (AvgIpc) is 2.91. The number of nitrogens with one attached hydrogen (secondary N) is 1. The van der Waals surface area contributed by atoms with E-state index in [2.05, 4.69) is 10.5 Å². The molecule has 0 aliphatic heterocycles. The van der Waals surface area contributed by atoms with Crippen molar-refractivity contribution in [1.82, 2.24) is 10.5 Å². The van der Waals surface area contributed by atoms with Gasteiger partial charge < -0.3 is 14.6 Å². The second-order valence-electron chi connectivity index (χ2n) is 4.66. The number of ether oxygens (including phenoxy) is 1. The maximum atomic E-state index is 11.8. The number of carbonyl (C=O) groups excluding carboxylic acids is 1. The lowest BCUT2D eigenvalue weighted by Gasteiger charge is -2.10. The number of benzene rings is 1. The molecule has 0 bridgehead atoms. The second kappa shape index (κ2) is 8.10. The van der Waals surface area contributed by atoms with Crippen molar-refractivity contribution in [3.05, 3.63) is 46.3 Å². The van der Waals surface area contributed by atoms with Crippen LogP contribution in [0.15, 0.2) is 28.8 Å². The van der Waals surface area contributed by atoms with Gasteiger partial charge in [-0.05, 0) is 25.1 Å². The first-order chi connectivity index (χ1) is 10.6. The molecule has 2 rings (SSSR count). The SMILES string of the molecule is COc1ccc(Cl)cc1CNC(=O)CSCc1cc(C)no1. The highest BCUT2D eigenvalue weighted by molar-refractivity contribution is 7.99. The van der Waals surface area contributed by atoms with E-state index in [0.29, 0.717) is 28.8 Å². The molecule has 0 radical (unpaired) electrons. The fraction of sp³-hybridized carbons (Fsp3) is 0.333. The zero-order valence-corrected chi connectivity index (χ0v) is 14.0. The molecule has 0 fully saturated rings. The van der Waals surface area contributed by atoms with Crippen LogP contribution < -0.4 is 10.1 Å². The van der Waals surface area contributed by atoms with E-state index < -0.39 is 0 Å². The fourth-order valence-electron chi connectivity index (χ4n) is 1.86. The molecule has 0 aliphatic carbocycles. The monoisotopic (exact) mass is 340 g/mol. The summed E-state index contributed by atoms with van der Waals surface area (Å²) < 4.78 is 10.3. The molecule has 0 unspecified atom stereocenters. The van der Waals surface area contributed by atoms with Crippen molar-refractivity contribution >= 4 is 29.3 Å². The Morgan fingerprint density at radius 1 is 1.45 bits per heavy atom. The van der Waals surface area contributed by atoms with Gasteiger partial charge in [0.2, 0.25) is 5.91 Å². The summed E-state index contributed by atoms with van der Waals surface area (Å²) in [4.78, 5) is 11.8. The summed E-state index contributed by atoms with van der Waals surface area (Å²) >= 11 is 7.43. The normalized spacial score (nSPS) is 10.5. The van der Waals surface area contributed by atoms with Crippen molar-refractivity contribution in [2.75, 3.05) is 12.9 Å². The number of carbonyl (C=O) groups is 1. The highest BCUT2D eigenvalue weighted by atomic mass is 35.5. The molecule has 22 heavy (non-hydrogen) atoms. The first kappa shape index (κ1) is 16.7. The number of nitrogens with zero attached hydrogens (tertiary/aromatic N) is 1. The van der Waals surface area contributed by atoms with E-state index in [1.807, 2.05) is 13.0 Å². The number of thioether (sulfide) groups is 1. The summed E-state index contributed by atoms with van der Waals surface area (Å²) in [5.41, 5.74) is 1.69. The summed E-state index contributed by atoms with van der Waals surface area (Å²) in [6.07, 6.45) is 0. The molecule has 7 heteroatoms. The Kier molecular flexibility index (Phi) is 6.15. The molecular formula is C15H17ClN2O3S. The van der Waals surface area contributed by atoms with Crippen LogP contribution in [0.1, 0.15) is 17.0 Å². The zero-order chi connectivity index (χ0) is 15.9. The lowest BCUT2D eigenvalue weighted by Crippen LogP contribution is -2.24. The molecule has 118 valence electrons. The van der Waals surface area contributed by atoms with Crippen LogP contribution in [-0.4, -0.2) is 23.9 Å². The molecule has 1 aromatic heterocycles. The number of aromatic nitrogens is 1. The zero-order valence-electron chi connectivity index (χ0n) is 12.4. The number of methoxy groups -OCH3 is 1. The smallest absolute Gasteiger partial charge is 0.230 e. The van der Waals surface area contributed by atoms with Gasteiger partial charge in [-0.1, -0.05) is 16.8 Å². The van der Waals surface area contributed by atoms with Crippen LogP contribution in [0.3, 0.4) is 0 Å². The summed E-state index contributed by atoms with van der Waals surface area (Å²) in [5, 5.41) is 7.26. The van der Waals surface area contributed by atoms with E-state index >= 15 is 0 Å². The quantitative estimate of drug-likeness (QED) is 0.838. The molecule has 0 spiro atoms. The van der Waals surface area contributed by atoms with E-state index in [-0.39, 0.29) is 5.91 Å². The van der Waals surface area contributed by atoms with Gasteiger partial charge in [-0.3, -0.25) is 4.79 Å². The van der Waals surface area contributed by atoms with Gasteiger partial charge in [-0.2, -0.15) is 0 Å². The van der Waals surface area contributed by atoms with Crippen molar-refractivity contribution in [3.8, 4) is 5.75 Å². The molecule has 1 N–H and O–H groups in total. The predicted molar refractivity (Wildman–Crippen MR) is 87.3 cm³/mol. The highest BCUT2D eigenvalue weighted by Gasteiger charge is 2.08. The lowest BCUT2D eigenvalue weighted by molar-refractivity contribution is -0.118. The van der Waals surface area contributed by atoms with Crippen molar-refractivity contribution in [1.29, 1.82) is 0 Å². The third kappa shape index (κ3) is 4.96. The summed E-state index contributed by atoms with van der Waals surface area (Å²) in [5.74, 6) is 2.39. The van der Waals surface area contributed by atoms with E-state index in [0.717, 1.165) is 17.0 Å². The van der Waals surface area contributed by atoms with Gasteiger partial charge in [0.1, 0.15) is 11.5 Å². The van der Waals surface area contributed by atoms with E-state index in [4.69, 9.17) is 20.9 Å². The predicted octanol–water partition coefficient (Wildman–Crippen LogP) is 3.19. The fourth-order valence-corrected chi connectivity index (χ4v) is 2.78. The van der Waals surface area contributed by atoms with Crippen LogP contribution in [0.5, 0.6) is 5.75 Å². The van der Waals surface area contributed by atoms with E-state index in [1.54, 1.807) is 25.3 Å². The maximum Gasteiger partial charge on any atom is 0.230 e. The molecule has 1 amide bonds. The number of rotatable bonds is 7. The summed E-state index contributed by atoms with van der Waals surface area (Å²) in [7, 11) is 1.59. The molecule has 0 saturated carbocycles. The molecule has 0 saturated heterocycles. The minimum atomic E-state index is -0.0525. The van der Waals surface area contributed by atoms with Crippen LogP contribution >= 0.6 is 23.4 Å². The van der Waals surface area contributed by atoms with Gasteiger partial charge in [-0.25, -0.2) is 0 Å². The third-order valence-corrected chi connectivity index (χ3v) is 4.06. The molecule has 0 aliphatic rings. The topological polar surface area (TPSA) is 64.4 Å². The minimum Gasteiger partial charge on any atom is -0.496 e. The Hall–Kier alpha value is -1.66. The van der Waals surface area contributed by atoms with Crippen molar-refractivity contribution < 1.29 is 14.1 Å². The van der Waals surface area contributed by atoms with Crippen LogP contribution in [-0.2, 0) is 17.1 Å². The first-order valence-corrected chi connectivity index (χ1v) is 8.21. The summed E-state index contributed by atoms with van der Waals surface area (Å²) in [6.45, 7) is 2.24. The molecule has 5 nitrogen and oxygen atoms in total. The van der Waals surface area contributed by atoms with Gasteiger partial charge in [0.05, 0.1) is 24.3 Å². The highest BCUT2D eigenvalue weighted by Crippen LogP contribution is 2.22. The average molecular weight is 341 g/mol. The number of hydrogen-bond donors (Lipinski definition) is 1. The van der Waals surface area contributed by atoms with E-state index in [9.17, 15) is 4.79 Å². The van der Waals surface area contributed by atoms with Gasteiger partial charge in [0.25, 0.3) is 0 Å². The third-order valence-electron chi connectivity index (χ3n) is 2.87. The van der Waals surface area contributed by atoms with E-state index in [1.165, 1.54) is 11.8 Å². The van der Waals surface area contributed by atoms with Crippen LogP contribution in [0.25, 0.3) is 0 Å². The first-order valence-electron chi connectivity index (χ1n) is 6.67.